The number of ether oxygens (including phenoxy) is 1. The second kappa shape index (κ2) is 8.73. The predicted octanol–water partition coefficient (Wildman–Crippen LogP) is 3.72. The molecule has 0 aliphatic rings. The zero-order valence-corrected chi connectivity index (χ0v) is 14.8. The van der Waals surface area contributed by atoms with E-state index < -0.39 is 5.97 Å². The summed E-state index contributed by atoms with van der Waals surface area (Å²) in [5.41, 5.74) is 4.03. The van der Waals surface area contributed by atoms with Crippen molar-refractivity contribution in [2.75, 3.05) is 0 Å². The molecule has 0 atom stereocenters. The molecule has 7 heteroatoms. The molecule has 0 aliphatic heterocycles. The van der Waals surface area contributed by atoms with Crippen molar-refractivity contribution in [1.82, 2.24) is 10.4 Å². The number of hydrogen-bond acceptors (Lipinski definition) is 5. The molecule has 27 heavy (non-hydrogen) atoms. The fourth-order valence-corrected chi connectivity index (χ4v) is 2.23. The third kappa shape index (κ3) is 5.23. The van der Waals surface area contributed by atoms with Gasteiger partial charge < -0.3 is 4.74 Å². The zero-order valence-electron chi connectivity index (χ0n) is 14.0. The summed E-state index contributed by atoms with van der Waals surface area (Å²) in [7, 11) is 0. The maximum absolute atomic E-state index is 12.0. The highest BCUT2D eigenvalue weighted by atomic mass is 35.5. The Bertz CT molecular complexity index is 956. The first-order chi connectivity index (χ1) is 13.1. The quantitative estimate of drug-likeness (QED) is 0.317. The molecule has 134 valence electrons. The van der Waals surface area contributed by atoms with E-state index in [-0.39, 0.29) is 5.91 Å². The molecule has 0 radical (unpaired) electrons. The summed E-state index contributed by atoms with van der Waals surface area (Å²) >= 11 is 5.80. The molecular weight excluding hydrogens is 366 g/mol. The van der Waals surface area contributed by atoms with Gasteiger partial charge in [-0.25, -0.2) is 10.2 Å². The number of rotatable bonds is 5. The molecule has 0 bridgehead atoms. The Kier molecular flexibility index (Phi) is 5.91. The number of halogens is 1. The largest absolute Gasteiger partial charge is 0.423 e. The number of amides is 1. The Morgan fingerprint density at radius 2 is 1.59 bits per heavy atom. The maximum atomic E-state index is 12.0. The fourth-order valence-electron chi connectivity index (χ4n) is 2.11. The van der Waals surface area contributed by atoms with E-state index in [9.17, 15) is 9.59 Å². The van der Waals surface area contributed by atoms with Gasteiger partial charge in [-0.05, 0) is 66.2 Å². The first-order valence-corrected chi connectivity index (χ1v) is 8.31. The topological polar surface area (TPSA) is 80.6 Å². The van der Waals surface area contributed by atoms with Crippen molar-refractivity contribution in [2.45, 2.75) is 0 Å². The molecule has 1 N–H and O–H groups in total. The fraction of sp³-hybridized carbons (Fsp3) is 0. The summed E-state index contributed by atoms with van der Waals surface area (Å²) in [4.78, 5) is 27.7. The number of esters is 1. The van der Waals surface area contributed by atoms with Crippen LogP contribution in [0, 0.1) is 0 Å². The number of nitrogens with one attached hydrogen (secondary N) is 1. The second-order valence-corrected chi connectivity index (χ2v) is 5.84. The van der Waals surface area contributed by atoms with Crippen LogP contribution in [0.15, 0.2) is 78.2 Å². The highest BCUT2D eigenvalue weighted by Crippen LogP contribution is 2.15. The van der Waals surface area contributed by atoms with E-state index in [0.717, 1.165) is 5.56 Å². The van der Waals surface area contributed by atoms with Crippen molar-refractivity contribution in [2.24, 2.45) is 5.10 Å². The lowest BCUT2D eigenvalue weighted by molar-refractivity contribution is 0.0734. The molecule has 0 spiro atoms. The van der Waals surface area contributed by atoms with Crippen molar-refractivity contribution >= 4 is 29.7 Å². The summed E-state index contributed by atoms with van der Waals surface area (Å²) in [6.45, 7) is 0. The van der Waals surface area contributed by atoms with Crippen molar-refractivity contribution in [3.63, 3.8) is 0 Å². The highest BCUT2D eigenvalue weighted by molar-refractivity contribution is 6.30. The van der Waals surface area contributed by atoms with Gasteiger partial charge in [0, 0.05) is 23.0 Å². The number of pyridine rings is 1. The molecule has 3 aromatic rings. The van der Waals surface area contributed by atoms with Gasteiger partial charge in [0.05, 0.1) is 11.8 Å². The van der Waals surface area contributed by atoms with Crippen LogP contribution < -0.4 is 10.2 Å². The van der Waals surface area contributed by atoms with Crippen molar-refractivity contribution in [1.29, 1.82) is 0 Å². The number of hydrazone groups is 1. The number of carbonyl (C=O) groups is 2. The molecular formula is C20H14ClN3O3. The van der Waals surface area contributed by atoms with Gasteiger partial charge >= 0.3 is 5.97 Å². The zero-order chi connectivity index (χ0) is 19.1. The number of carbonyl (C=O) groups excluding carboxylic acids is 2. The van der Waals surface area contributed by atoms with E-state index >= 15 is 0 Å². The van der Waals surface area contributed by atoms with Crippen LogP contribution in [0.2, 0.25) is 5.02 Å². The van der Waals surface area contributed by atoms with Crippen molar-refractivity contribution in [3.8, 4) is 5.75 Å². The van der Waals surface area contributed by atoms with Gasteiger partial charge in [-0.3, -0.25) is 9.78 Å². The van der Waals surface area contributed by atoms with E-state index in [0.29, 0.717) is 21.9 Å². The summed E-state index contributed by atoms with van der Waals surface area (Å²) in [5.74, 6) is -0.409. The van der Waals surface area contributed by atoms with Gasteiger partial charge in [-0.1, -0.05) is 11.6 Å². The van der Waals surface area contributed by atoms with E-state index in [2.05, 4.69) is 15.5 Å². The molecule has 0 fully saturated rings. The Hall–Kier alpha value is -3.51. The summed E-state index contributed by atoms with van der Waals surface area (Å²) in [6.07, 6.45) is 4.55. The van der Waals surface area contributed by atoms with Gasteiger partial charge in [-0.2, -0.15) is 5.10 Å². The number of benzene rings is 2. The number of nitrogens with zero attached hydrogens (tertiary/aromatic N) is 2. The first-order valence-electron chi connectivity index (χ1n) is 7.93. The SMILES string of the molecule is O=C(N/N=C\c1ccc(OC(=O)c2ccc(Cl)cc2)cc1)c1ccncc1. The minimum Gasteiger partial charge on any atom is -0.423 e. The van der Waals surface area contributed by atoms with E-state index in [4.69, 9.17) is 16.3 Å². The average Bonchev–Trinajstić information content (AvgIpc) is 2.70. The number of hydrogen-bond donors (Lipinski definition) is 1. The van der Waals surface area contributed by atoms with Crippen LogP contribution in [0.4, 0.5) is 0 Å². The summed E-state index contributed by atoms with van der Waals surface area (Å²) < 4.78 is 5.29. The minimum absolute atomic E-state index is 0.331. The molecule has 1 heterocycles. The van der Waals surface area contributed by atoms with E-state index in [1.54, 1.807) is 60.7 Å². The molecule has 0 saturated carbocycles. The highest BCUT2D eigenvalue weighted by Gasteiger charge is 2.08. The Balaban J connectivity index is 1.56. The molecule has 6 nitrogen and oxygen atoms in total. The standard InChI is InChI=1S/C20H14ClN3O3/c21-17-5-3-16(4-6-17)20(26)27-18-7-1-14(2-8-18)13-23-24-19(25)15-9-11-22-12-10-15/h1-13H,(H,24,25)/b23-13-. The Labute approximate surface area is 160 Å². The predicted molar refractivity (Wildman–Crippen MR) is 102 cm³/mol. The van der Waals surface area contributed by atoms with Crippen molar-refractivity contribution in [3.05, 3.63) is 94.8 Å². The molecule has 2 aromatic carbocycles. The first kappa shape index (κ1) is 18.3. The maximum Gasteiger partial charge on any atom is 0.343 e. The summed E-state index contributed by atoms with van der Waals surface area (Å²) in [6, 6.07) is 16.3. The van der Waals surface area contributed by atoms with E-state index in [1.165, 1.54) is 18.6 Å². The summed E-state index contributed by atoms with van der Waals surface area (Å²) in [5, 5.41) is 4.45. The van der Waals surface area contributed by atoms with Crippen LogP contribution in [-0.4, -0.2) is 23.1 Å². The van der Waals surface area contributed by atoms with Crippen LogP contribution in [0.3, 0.4) is 0 Å². The molecule has 1 aromatic heterocycles. The normalized spacial score (nSPS) is 10.6. The van der Waals surface area contributed by atoms with Crippen LogP contribution >= 0.6 is 11.6 Å². The molecule has 0 unspecified atom stereocenters. The van der Waals surface area contributed by atoms with Crippen molar-refractivity contribution < 1.29 is 14.3 Å². The number of aromatic nitrogens is 1. The molecule has 0 aliphatic carbocycles. The third-order valence-corrected chi connectivity index (χ3v) is 3.74. The van der Waals surface area contributed by atoms with E-state index in [1.807, 2.05) is 0 Å². The van der Waals surface area contributed by atoms with Gasteiger partial charge in [0.1, 0.15) is 5.75 Å². The molecule has 1 amide bonds. The Morgan fingerprint density at radius 3 is 2.26 bits per heavy atom. The second-order valence-electron chi connectivity index (χ2n) is 5.40. The third-order valence-electron chi connectivity index (χ3n) is 3.49. The van der Waals surface area contributed by atoms with Crippen LogP contribution in [-0.2, 0) is 0 Å². The van der Waals surface area contributed by atoms with Crippen LogP contribution in [0.1, 0.15) is 26.3 Å². The lowest BCUT2D eigenvalue weighted by Crippen LogP contribution is -2.17. The van der Waals surface area contributed by atoms with Gasteiger partial charge in [0.15, 0.2) is 0 Å². The Morgan fingerprint density at radius 1 is 0.926 bits per heavy atom. The monoisotopic (exact) mass is 379 g/mol. The molecule has 3 rings (SSSR count). The van der Waals surface area contributed by atoms with Crippen LogP contribution in [0.5, 0.6) is 5.75 Å². The lowest BCUT2D eigenvalue weighted by atomic mass is 10.2. The molecule has 0 saturated heterocycles. The average molecular weight is 380 g/mol. The minimum atomic E-state index is -0.474. The van der Waals surface area contributed by atoms with Gasteiger partial charge in [0.25, 0.3) is 5.91 Å². The van der Waals surface area contributed by atoms with Crippen LogP contribution in [0.25, 0.3) is 0 Å². The van der Waals surface area contributed by atoms with Gasteiger partial charge in [0.2, 0.25) is 0 Å². The lowest BCUT2D eigenvalue weighted by Gasteiger charge is -2.04. The smallest absolute Gasteiger partial charge is 0.343 e. The van der Waals surface area contributed by atoms with Gasteiger partial charge in [-0.15, -0.1) is 0 Å².